The minimum absolute atomic E-state index is 0.136. The quantitative estimate of drug-likeness (QED) is 0.798. The summed E-state index contributed by atoms with van der Waals surface area (Å²) in [6.45, 7) is 1.82. The summed E-state index contributed by atoms with van der Waals surface area (Å²) in [7, 11) is -0.784. The number of aryl methyl sites for hydroxylation is 1. The number of likely N-dealkylation sites (N-methyl/N-ethyl adjacent to an activating group) is 1. The number of hydrogen-bond donors (Lipinski definition) is 2. The highest BCUT2D eigenvalue weighted by Gasteiger charge is 2.41. The van der Waals surface area contributed by atoms with E-state index in [1.54, 1.807) is 17.9 Å². The number of nitrogens with one attached hydrogen (secondary N) is 2. The second-order valence-electron chi connectivity index (χ2n) is 6.37. The molecule has 146 valence electrons. The molecular weight excluding hydrogens is 397 g/mol. The van der Waals surface area contributed by atoms with Gasteiger partial charge in [0, 0.05) is 31.0 Å². The van der Waals surface area contributed by atoms with Crippen LogP contribution in [0.4, 0.5) is 10.1 Å². The predicted molar refractivity (Wildman–Crippen MR) is 98.9 cm³/mol. The van der Waals surface area contributed by atoms with Gasteiger partial charge in [-0.15, -0.1) is 0 Å². The van der Waals surface area contributed by atoms with E-state index < -0.39 is 34.0 Å². The predicted octanol–water partition coefficient (Wildman–Crippen LogP) is 1.74. The molecule has 2 heterocycles. The second kappa shape index (κ2) is 7.19. The highest BCUT2D eigenvalue weighted by Crippen LogP contribution is 2.30. The van der Waals surface area contributed by atoms with Gasteiger partial charge in [0.05, 0.1) is 17.3 Å². The van der Waals surface area contributed by atoms with Crippen LogP contribution in [0.25, 0.3) is 0 Å². The lowest BCUT2D eigenvalue weighted by molar-refractivity contribution is -0.120. The molecule has 0 aliphatic carbocycles. The standard InChI is InChI=1S/C16H19ClFN5O3S/c1-9-11(8-19-22(9)2)14-7-15(23(3)27(25,26)21-14)16(24)20-10-4-5-13(18)12(17)6-10/h4-6,8,14-15,21H,7H2,1-3H3,(H,20,24)/t14-,15-/m0/s1. The minimum Gasteiger partial charge on any atom is -0.325 e. The van der Waals surface area contributed by atoms with Crippen LogP contribution in [0, 0.1) is 12.7 Å². The highest BCUT2D eigenvalue weighted by atomic mass is 35.5. The Labute approximate surface area is 161 Å². The van der Waals surface area contributed by atoms with E-state index in [4.69, 9.17) is 11.6 Å². The molecule has 1 amide bonds. The smallest absolute Gasteiger partial charge is 0.280 e. The third-order valence-corrected chi connectivity index (χ3v) is 6.59. The first-order valence-electron chi connectivity index (χ1n) is 8.10. The molecule has 0 spiro atoms. The summed E-state index contributed by atoms with van der Waals surface area (Å²) in [6, 6.07) is 2.21. The van der Waals surface area contributed by atoms with Crippen LogP contribution in [-0.4, -0.2) is 41.5 Å². The number of anilines is 1. The summed E-state index contributed by atoms with van der Waals surface area (Å²) in [6.07, 6.45) is 1.80. The van der Waals surface area contributed by atoms with Crippen molar-refractivity contribution in [3.05, 3.63) is 46.5 Å². The van der Waals surface area contributed by atoms with E-state index in [0.717, 1.165) is 16.1 Å². The number of aromatic nitrogens is 2. The van der Waals surface area contributed by atoms with Gasteiger partial charge >= 0.3 is 0 Å². The average molecular weight is 416 g/mol. The first-order chi connectivity index (χ1) is 12.6. The topological polar surface area (TPSA) is 96.3 Å². The normalized spacial score (nSPS) is 22.6. The fourth-order valence-electron chi connectivity index (χ4n) is 2.97. The van der Waals surface area contributed by atoms with Crippen molar-refractivity contribution in [1.29, 1.82) is 0 Å². The third kappa shape index (κ3) is 3.84. The van der Waals surface area contributed by atoms with Gasteiger partial charge in [-0.2, -0.15) is 22.5 Å². The summed E-state index contributed by atoms with van der Waals surface area (Å²) in [5, 5.41) is 6.59. The van der Waals surface area contributed by atoms with Crippen LogP contribution in [0.3, 0.4) is 0 Å². The summed E-state index contributed by atoms with van der Waals surface area (Å²) in [4.78, 5) is 12.7. The lowest BCUT2D eigenvalue weighted by Crippen LogP contribution is -2.56. The van der Waals surface area contributed by atoms with Gasteiger partial charge in [-0.05, 0) is 31.5 Å². The molecule has 1 fully saturated rings. The zero-order valence-corrected chi connectivity index (χ0v) is 16.5. The maximum absolute atomic E-state index is 13.3. The molecule has 2 N–H and O–H groups in total. The fourth-order valence-corrected chi connectivity index (χ4v) is 4.42. The van der Waals surface area contributed by atoms with Crippen molar-refractivity contribution in [3.8, 4) is 0 Å². The number of nitrogens with zero attached hydrogens (tertiary/aromatic N) is 3. The molecule has 1 saturated heterocycles. The molecule has 0 unspecified atom stereocenters. The van der Waals surface area contributed by atoms with E-state index in [-0.39, 0.29) is 17.1 Å². The van der Waals surface area contributed by atoms with Crippen molar-refractivity contribution < 1.29 is 17.6 Å². The molecule has 0 saturated carbocycles. The monoisotopic (exact) mass is 415 g/mol. The number of hydrogen-bond acceptors (Lipinski definition) is 4. The number of benzene rings is 1. The summed E-state index contributed by atoms with van der Waals surface area (Å²) in [5.74, 6) is -1.14. The molecular formula is C16H19ClFN5O3S. The summed E-state index contributed by atoms with van der Waals surface area (Å²) >= 11 is 5.73. The minimum atomic E-state index is -3.87. The lowest BCUT2D eigenvalue weighted by Gasteiger charge is -2.36. The van der Waals surface area contributed by atoms with E-state index in [9.17, 15) is 17.6 Å². The van der Waals surface area contributed by atoms with Crippen LogP contribution in [0.1, 0.15) is 23.7 Å². The van der Waals surface area contributed by atoms with Gasteiger partial charge in [0.2, 0.25) is 5.91 Å². The van der Waals surface area contributed by atoms with Gasteiger partial charge in [0.15, 0.2) is 0 Å². The molecule has 1 aromatic heterocycles. The first kappa shape index (κ1) is 19.7. The van der Waals surface area contributed by atoms with Crippen LogP contribution < -0.4 is 10.0 Å². The Kier molecular flexibility index (Phi) is 5.26. The van der Waals surface area contributed by atoms with Crippen LogP contribution >= 0.6 is 11.6 Å². The van der Waals surface area contributed by atoms with Crippen LogP contribution in [0.5, 0.6) is 0 Å². The number of carbonyl (C=O) groups is 1. The number of halogens is 2. The SMILES string of the molecule is Cc1c([C@@H]2C[C@@H](C(=O)Nc3ccc(F)c(Cl)c3)N(C)S(=O)(=O)N2)cnn1C. The molecule has 1 aromatic carbocycles. The summed E-state index contributed by atoms with van der Waals surface area (Å²) in [5.41, 5.74) is 1.79. The molecule has 1 aliphatic rings. The van der Waals surface area contributed by atoms with E-state index in [0.29, 0.717) is 5.56 Å². The Morgan fingerprint density at radius 1 is 1.41 bits per heavy atom. The molecule has 1 aliphatic heterocycles. The zero-order valence-electron chi connectivity index (χ0n) is 14.9. The summed E-state index contributed by atoms with van der Waals surface area (Å²) < 4.78 is 43.4. The number of amides is 1. The zero-order chi connectivity index (χ0) is 19.9. The van der Waals surface area contributed by atoms with E-state index in [2.05, 4.69) is 15.1 Å². The maximum Gasteiger partial charge on any atom is 0.280 e. The molecule has 2 aromatic rings. The van der Waals surface area contributed by atoms with Crippen LogP contribution in [-0.2, 0) is 22.1 Å². The lowest BCUT2D eigenvalue weighted by atomic mass is 10.00. The molecule has 0 bridgehead atoms. The Morgan fingerprint density at radius 2 is 2.11 bits per heavy atom. The fraction of sp³-hybridized carbons (Fsp3) is 0.375. The maximum atomic E-state index is 13.3. The van der Waals surface area contributed by atoms with Gasteiger partial charge in [0.1, 0.15) is 11.9 Å². The Bertz CT molecular complexity index is 994. The second-order valence-corrected chi connectivity index (χ2v) is 8.54. The van der Waals surface area contributed by atoms with Gasteiger partial charge in [-0.25, -0.2) is 4.39 Å². The van der Waals surface area contributed by atoms with E-state index in [1.165, 1.54) is 19.2 Å². The van der Waals surface area contributed by atoms with Crippen molar-refractivity contribution >= 4 is 33.4 Å². The number of rotatable bonds is 3. The molecule has 0 radical (unpaired) electrons. The van der Waals surface area contributed by atoms with Crippen molar-refractivity contribution in [2.75, 3.05) is 12.4 Å². The first-order valence-corrected chi connectivity index (χ1v) is 9.91. The molecule has 8 nitrogen and oxygen atoms in total. The third-order valence-electron chi connectivity index (χ3n) is 4.71. The van der Waals surface area contributed by atoms with Crippen molar-refractivity contribution in [2.24, 2.45) is 7.05 Å². The Hall–Kier alpha value is -2.01. The van der Waals surface area contributed by atoms with Crippen molar-refractivity contribution in [3.63, 3.8) is 0 Å². The van der Waals surface area contributed by atoms with Crippen LogP contribution in [0.15, 0.2) is 24.4 Å². The molecule has 11 heteroatoms. The molecule has 2 atom stereocenters. The van der Waals surface area contributed by atoms with Crippen LogP contribution in [0.2, 0.25) is 5.02 Å². The Morgan fingerprint density at radius 3 is 2.70 bits per heavy atom. The van der Waals surface area contributed by atoms with Crippen molar-refractivity contribution in [2.45, 2.75) is 25.4 Å². The highest BCUT2D eigenvalue weighted by molar-refractivity contribution is 7.87. The van der Waals surface area contributed by atoms with E-state index in [1.807, 2.05) is 6.92 Å². The average Bonchev–Trinajstić information content (AvgIpc) is 2.92. The molecule has 27 heavy (non-hydrogen) atoms. The largest absolute Gasteiger partial charge is 0.325 e. The Balaban J connectivity index is 1.86. The van der Waals surface area contributed by atoms with E-state index >= 15 is 0 Å². The van der Waals surface area contributed by atoms with Crippen molar-refractivity contribution in [1.82, 2.24) is 18.8 Å². The van der Waals surface area contributed by atoms with Gasteiger partial charge in [-0.1, -0.05) is 11.6 Å². The van der Waals surface area contributed by atoms with Gasteiger partial charge in [-0.3, -0.25) is 9.48 Å². The van der Waals surface area contributed by atoms with Gasteiger partial charge < -0.3 is 5.32 Å². The van der Waals surface area contributed by atoms with Gasteiger partial charge in [0.25, 0.3) is 10.2 Å². The molecule has 3 rings (SSSR count). The number of carbonyl (C=O) groups excluding carboxylic acids is 1.